The summed E-state index contributed by atoms with van der Waals surface area (Å²) in [4.78, 5) is 20.9. The minimum atomic E-state index is -0.666. The van der Waals surface area contributed by atoms with Crippen molar-refractivity contribution in [2.24, 2.45) is 0 Å². The largest absolute Gasteiger partial charge is 0.392 e. The number of aromatic nitrogens is 2. The third kappa shape index (κ3) is 4.87. The number of hydrogen-bond donors (Lipinski definition) is 3. The predicted molar refractivity (Wildman–Crippen MR) is 116 cm³/mol. The molecule has 1 atom stereocenters. The van der Waals surface area contributed by atoms with Crippen LogP contribution in [0.15, 0.2) is 61.6 Å². The monoisotopic (exact) mass is 406 g/mol. The van der Waals surface area contributed by atoms with Gasteiger partial charge in [-0.1, -0.05) is 18.7 Å². The summed E-state index contributed by atoms with van der Waals surface area (Å²) in [6, 6.07) is 9.79. The Labute approximate surface area is 174 Å². The van der Waals surface area contributed by atoms with Crippen LogP contribution in [0.1, 0.15) is 29.8 Å². The first-order valence-corrected chi connectivity index (χ1v) is 9.45. The molecule has 0 aliphatic rings. The second-order valence-electron chi connectivity index (χ2n) is 6.98. The van der Waals surface area contributed by atoms with E-state index in [1.165, 1.54) is 12.3 Å². The highest BCUT2D eigenvalue weighted by Gasteiger charge is 2.15. The molecule has 6 nitrogen and oxygen atoms in total. The molecule has 3 N–H and O–H groups in total. The van der Waals surface area contributed by atoms with Crippen molar-refractivity contribution in [3.8, 4) is 11.3 Å². The average Bonchev–Trinajstić information content (AvgIpc) is 2.72. The summed E-state index contributed by atoms with van der Waals surface area (Å²) >= 11 is 0. The Balaban J connectivity index is 2.00. The number of pyridine rings is 2. The van der Waals surface area contributed by atoms with Crippen molar-refractivity contribution in [2.75, 3.05) is 11.9 Å². The number of rotatable bonds is 7. The number of carbonyl (C=O) groups excluding carboxylic acids is 1. The van der Waals surface area contributed by atoms with Crippen molar-refractivity contribution in [3.05, 3.63) is 78.5 Å². The van der Waals surface area contributed by atoms with Crippen molar-refractivity contribution in [2.45, 2.75) is 20.0 Å². The Bertz CT molecular complexity index is 1080. The fourth-order valence-corrected chi connectivity index (χ4v) is 2.88. The van der Waals surface area contributed by atoms with Gasteiger partial charge in [0.25, 0.3) is 5.91 Å². The molecule has 0 bridgehead atoms. The topological polar surface area (TPSA) is 87.1 Å². The van der Waals surface area contributed by atoms with E-state index >= 15 is 0 Å². The van der Waals surface area contributed by atoms with Crippen molar-refractivity contribution in [1.29, 1.82) is 0 Å². The number of aliphatic hydroxyl groups excluding tert-OH is 1. The van der Waals surface area contributed by atoms with E-state index in [-0.39, 0.29) is 18.3 Å². The molecule has 2 aromatic heterocycles. The van der Waals surface area contributed by atoms with Crippen molar-refractivity contribution in [1.82, 2.24) is 15.3 Å². The molecule has 3 rings (SSSR count). The van der Waals surface area contributed by atoms with Crippen LogP contribution in [-0.2, 0) is 0 Å². The van der Waals surface area contributed by atoms with Gasteiger partial charge in [-0.15, -0.1) is 0 Å². The zero-order valence-electron chi connectivity index (χ0n) is 16.8. The fourth-order valence-electron chi connectivity index (χ4n) is 2.88. The Morgan fingerprint density at radius 3 is 2.67 bits per heavy atom. The van der Waals surface area contributed by atoms with Crippen LogP contribution in [0.5, 0.6) is 0 Å². The zero-order valence-corrected chi connectivity index (χ0v) is 16.8. The van der Waals surface area contributed by atoms with Crippen LogP contribution in [-0.4, -0.2) is 33.6 Å². The molecule has 2 heterocycles. The Hall–Kier alpha value is -3.58. The quantitative estimate of drug-likeness (QED) is 0.548. The number of halogens is 1. The van der Waals surface area contributed by atoms with Gasteiger partial charge in [-0.25, -0.2) is 4.39 Å². The predicted octanol–water partition coefficient (Wildman–Crippen LogP) is 4.17. The van der Waals surface area contributed by atoms with Gasteiger partial charge in [0.05, 0.1) is 23.0 Å². The molecule has 0 radical (unpaired) electrons. The second-order valence-corrected chi connectivity index (χ2v) is 6.98. The van der Waals surface area contributed by atoms with E-state index in [1.807, 2.05) is 6.92 Å². The summed E-state index contributed by atoms with van der Waals surface area (Å²) in [5.41, 5.74) is 3.79. The lowest BCUT2D eigenvalue weighted by Gasteiger charge is -2.16. The molecule has 7 heteroatoms. The molecule has 154 valence electrons. The molecule has 1 aromatic carbocycles. The van der Waals surface area contributed by atoms with Crippen molar-refractivity contribution in [3.63, 3.8) is 0 Å². The maximum absolute atomic E-state index is 14.3. The molecule has 0 saturated carbocycles. The van der Waals surface area contributed by atoms with Crippen LogP contribution in [0, 0.1) is 5.82 Å². The first kappa shape index (κ1) is 21.1. The second kappa shape index (κ2) is 9.28. The molecule has 0 fully saturated rings. The van der Waals surface area contributed by atoms with Crippen LogP contribution in [0.25, 0.3) is 16.8 Å². The van der Waals surface area contributed by atoms with Gasteiger partial charge in [0.15, 0.2) is 0 Å². The summed E-state index contributed by atoms with van der Waals surface area (Å²) < 4.78 is 14.3. The number of allylic oxidation sites excluding steroid dienone is 1. The fraction of sp³-hybridized carbons (Fsp3) is 0.174. The molecule has 3 aromatic rings. The van der Waals surface area contributed by atoms with E-state index in [1.54, 1.807) is 49.6 Å². The molecule has 0 unspecified atom stereocenters. The van der Waals surface area contributed by atoms with Gasteiger partial charge in [-0.3, -0.25) is 14.8 Å². The highest BCUT2D eigenvalue weighted by molar-refractivity contribution is 6.00. The molecular formula is C23H23FN4O2. The van der Waals surface area contributed by atoms with Gasteiger partial charge in [0, 0.05) is 41.9 Å². The van der Waals surface area contributed by atoms with Crippen LogP contribution in [0.4, 0.5) is 15.8 Å². The summed E-state index contributed by atoms with van der Waals surface area (Å²) in [5.74, 6) is -0.743. The standard InChI is InChI=1S/C23H23FN4O2/c1-14(2)17-13-26-21(16-6-4-5-7-19(16)24)10-22(17)28-20-8-9-25-12-18(20)23(30)27-11-15(3)29/h4-10,12-13,15,29H,1,11H2,2-3H3,(H,27,30)(H,25,26,28)/t15-/m0/s1. The first-order chi connectivity index (χ1) is 14.4. The van der Waals surface area contributed by atoms with Crippen molar-refractivity contribution >= 4 is 22.9 Å². The minimum absolute atomic E-state index is 0.122. The summed E-state index contributed by atoms with van der Waals surface area (Å²) in [5, 5.41) is 15.3. The molecule has 30 heavy (non-hydrogen) atoms. The third-order valence-electron chi connectivity index (χ3n) is 4.41. The van der Waals surface area contributed by atoms with Crippen LogP contribution >= 0.6 is 0 Å². The number of nitrogens with zero attached hydrogens (tertiary/aromatic N) is 2. The van der Waals surface area contributed by atoms with E-state index in [0.717, 1.165) is 11.1 Å². The van der Waals surface area contributed by atoms with Crippen LogP contribution in [0.2, 0.25) is 0 Å². The lowest BCUT2D eigenvalue weighted by Crippen LogP contribution is -2.31. The smallest absolute Gasteiger partial charge is 0.255 e. The van der Waals surface area contributed by atoms with Gasteiger partial charge in [0.1, 0.15) is 5.82 Å². The lowest BCUT2D eigenvalue weighted by molar-refractivity contribution is 0.0924. The van der Waals surface area contributed by atoms with Gasteiger partial charge < -0.3 is 15.7 Å². The van der Waals surface area contributed by atoms with E-state index in [9.17, 15) is 14.3 Å². The number of hydrogen-bond acceptors (Lipinski definition) is 5. The number of benzene rings is 1. The van der Waals surface area contributed by atoms with Gasteiger partial charge >= 0.3 is 0 Å². The number of aliphatic hydroxyl groups is 1. The molecule has 0 spiro atoms. The van der Waals surface area contributed by atoms with Crippen LogP contribution < -0.4 is 10.6 Å². The number of nitrogens with one attached hydrogen (secondary N) is 2. The average molecular weight is 406 g/mol. The maximum atomic E-state index is 14.3. The molecular weight excluding hydrogens is 383 g/mol. The molecule has 0 aliphatic heterocycles. The van der Waals surface area contributed by atoms with E-state index in [0.29, 0.717) is 28.2 Å². The third-order valence-corrected chi connectivity index (χ3v) is 4.41. The van der Waals surface area contributed by atoms with Gasteiger partial charge in [-0.05, 0) is 43.7 Å². The van der Waals surface area contributed by atoms with E-state index < -0.39 is 6.10 Å². The van der Waals surface area contributed by atoms with Crippen molar-refractivity contribution < 1.29 is 14.3 Å². The number of amides is 1. The summed E-state index contributed by atoms with van der Waals surface area (Å²) in [6.45, 7) is 7.53. The summed E-state index contributed by atoms with van der Waals surface area (Å²) in [6.07, 6.45) is 3.97. The highest BCUT2D eigenvalue weighted by Crippen LogP contribution is 2.31. The Morgan fingerprint density at radius 1 is 1.20 bits per heavy atom. The summed E-state index contributed by atoms with van der Waals surface area (Å²) in [7, 11) is 0. The van der Waals surface area contributed by atoms with Crippen LogP contribution in [0.3, 0.4) is 0 Å². The SMILES string of the molecule is C=C(C)c1cnc(-c2ccccc2F)cc1Nc1ccncc1C(=O)NC[C@H](C)O. The first-order valence-electron chi connectivity index (χ1n) is 9.45. The zero-order chi connectivity index (χ0) is 21.7. The Kier molecular flexibility index (Phi) is 6.54. The Morgan fingerprint density at radius 2 is 1.97 bits per heavy atom. The lowest BCUT2D eigenvalue weighted by atomic mass is 10.0. The minimum Gasteiger partial charge on any atom is -0.392 e. The molecule has 0 saturated heterocycles. The normalized spacial score (nSPS) is 11.6. The number of anilines is 2. The van der Waals surface area contributed by atoms with Gasteiger partial charge in [-0.2, -0.15) is 0 Å². The number of carbonyl (C=O) groups is 1. The van der Waals surface area contributed by atoms with E-state index in [2.05, 4.69) is 27.2 Å². The van der Waals surface area contributed by atoms with Gasteiger partial charge in [0.2, 0.25) is 0 Å². The molecule has 1 amide bonds. The highest BCUT2D eigenvalue weighted by atomic mass is 19.1. The van der Waals surface area contributed by atoms with E-state index in [4.69, 9.17) is 0 Å². The maximum Gasteiger partial charge on any atom is 0.255 e. The molecule has 0 aliphatic carbocycles.